The van der Waals surface area contributed by atoms with Crippen molar-refractivity contribution in [3.63, 3.8) is 0 Å². The zero-order valence-electron chi connectivity index (χ0n) is 20.3. The Kier molecular flexibility index (Phi) is 5.19. The lowest BCUT2D eigenvalue weighted by Gasteiger charge is -2.17. The van der Waals surface area contributed by atoms with E-state index in [1.807, 2.05) is 24.3 Å². The SMILES string of the molecule is c1ccc(-c2ccc(-c3ccc(-c4c5ccccc5c(-c5ccccc5)c5ccccc45)cc3)o2)cc1. The Morgan fingerprint density at radius 1 is 0.270 bits per heavy atom. The molecule has 0 aliphatic carbocycles. The van der Waals surface area contributed by atoms with Gasteiger partial charge in [-0.15, -0.1) is 0 Å². The van der Waals surface area contributed by atoms with Crippen LogP contribution in [0.4, 0.5) is 0 Å². The summed E-state index contributed by atoms with van der Waals surface area (Å²) in [5.41, 5.74) is 7.15. The first-order chi connectivity index (χ1) is 18.4. The van der Waals surface area contributed by atoms with Crippen LogP contribution in [0.25, 0.3) is 66.4 Å². The molecule has 0 saturated heterocycles. The highest BCUT2D eigenvalue weighted by atomic mass is 16.3. The number of hydrogen-bond acceptors (Lipinski definition) is 1. The molecule has 1 nitrogen and oxygen atoms in total. The Bertz CT molecular complexity index is 1790. The summed E-state index contributed by atoms with van der Waals surface area (Å²) in [7, 11) is 0. The molecule has 0 spiro atoms. The highest BCUT2D eigenvalue weighted by molar-refractivity contribution is 6.21. The summed E-state index contributed by atoms with van der Waals surface area (Å²) in [6, 6.07) is 51.3. The molecule has 6 aromatic carbocycles. The number of rotatable bonds is 4. The fourth-order valence-electron chi connectivity index (χ4n) is 5.41. The van der Waals surface area contributed by atoms with Crippen LogP contribution >= 0.6 is 0 Å². The Balaban J connectivity index is 1.38. The summed E-state index contributed by atoms with van der Waals surface area (Å²) in [6.07, 6.45) is 0. The van der Waals surface area contributed by atoms with Crippen LogP contribution in [0.1, 0.15) is 0 Å². The van der Waals surface area contributed by atoms with Crippen LogP contribution in [0.3, 0.4) is 0 Å². The second-order valence-corrected chi connectivity index (χ2v) is 9.31. The highest BCUT2D eigenvalue weighted by Crippen LogP contribution is 2.43. The highest BCUT2D eigenvalue weighted by Gasteiger charge is 2.16. The van der Waals surface area contributed by atoms with Crippen molar-refractivity contribution in [3.8, 4) is 44.9 Å². The predicted octanol–water partition coefficient (Wildman–Crippen LogP) is 10.3. The minimum absolute atomic E-state index is 0.875. The topological polar surface area (TPSA) is 13.1 Å². The zero-order valence-corrected chi connectivity index (χ0v) is 20.3. The normalized spacial score (nSPS) is 11.2. The largest absolute Gasteiger partial charge is 0.456 e. The molecule has 0 bridgehead atoms. The molecular weight excluding hydrogens is 448 g/mol. The third-order valence-electron chi connectivity index (χ3n) is 7.12. The smallest absolute Gasteiger partial charge is 0.134 e. The van der Waals surface area contributed by atoms with Crippen LogP contribution in [0.2, 0.25) is 0 Å². The Morgan fingerprint density at radius 3 is 1.05 bits per heavy atom. The molecule has 0 atom stereocenters. The molecule has 0 aliphatic rings. The Morgan fingerprint density at radius 2 is 0.595 bits per heavy atom. The van der Waals surface area contributed by atoms with Gasteiger partial charge in [0.2, 0.25) is 0 Å². The Hall–Kier alpha value is -4.88. The molecule has 0 saturated carbocycles. The van der Waals surface area contributed by atoms with E-state index in [9.17, 15) is 0 Å². The summed E-state index contributed by atoms with van der Waals surface area (Å²) in [4.78, 5) is 0. The van der Waals surface area contributed by atoms with E-state index in [0.29, 0.717) is 0 Å². The van der Waals surface area contributed by atoms with Crippen LogP contribution in [0.15, 0.2) is 150 Å². The van der Waals surface area contributed by atoms with Gasteiger partial charge in [0.15, 0.2) is 0 Å². The van der Waals surface area contributed by atoms with Gasteiger partial charge < -0.3 is 4.42 Å². The monoisotopic (exact) mass is 472 g/mol. The lowest BCUT2D eigenvalue weighted by Crippen LogP contribution is -1.90. The first kappa shape index (κ1) is 21.4. The standard InChI is InChI=1S/C36H24O/c1-3-11-25(12-4-1)33-23-24-34(37-33)26-19-21-28(22-20-26)36-31-17-9-7-15-29(31)35(27-13-5-2-6-14-27)30-16-8-10-18-32(30)36/h1-24H. The molecule has 1 aromatic heterocycles. The summed E-state index contributed by atoms with van der Waals surface area (Å²) in [5, 5.41) is 5.06. The van der Waals surface area contributed by atoms with Crippen molar-refractivity contribution in [1.29, 1.82) is 0 Å². The summed E-state index contributed by atoms with van der Waals surface area (Å²) in [5.74, 6) is 1.76. The molecule has 0 amide bonds. The van der Waals surface area contributed by atoms with Crippen LogP contribution in [0, 0.1) is 0 Å². The number of fused-ring (bicyclic) bond motifs is 2. The van der Waals surface area contributed by atoms with Crippen LogP contribution in [0.5, 0.6) is 0 Å². The minimum Gasteiger partial charge on any atom is -0.456 e. The van der Waals surface area contributed by atoms with Gasteiger partial charge in [0, 0.05) is 11.1 Å². The average Bonchev–Trinajstić information content (AvgIpc) is 3.47. The molecule has 0 fully saturated rings. The van der Waals surface area contributed by atoms with E-state index in [1.54, 1.807) is 0 Å². The van der Waals surface area contributed by atoms with Crippen molar-refractivity contribution in [1.82, 2.24) is 0 Å². The molecule has 0 aliphatic heterocycles. The lowest BCUT2D eigenvalue weighted by molar-refractivity contribution is 0.597. The van der Waals surface area contributed by atoms with E-state index in [1.165, 1.54) is 43.8 Å². The number of furan rings is 1. The average molecular weight is 473 g/mol. The predicted molar refractivity (Wildman–Crippen MR) is 155 cm³/mol. The van der Waals surface area contributed by atoms with E-state index in [2.05, 4.69) is 121 Å². The van der Waals surface area contributed by atoms with Crippen molar-refractivity contribution in [2.45, 2.75) is 0 Å². The molecule has 174 valence electrons. The maximum absolute atomic E-state index is 6.21. The fourth-order valence-corrected chi connectivity index (χ4v) is 5.41. The summed E-state index contributed by atoms with van der Waals surface area (Å²) < 4.78 is 6.21. The molecular formula is C36H24O. The van der Waals surface area contributed by atoms with Gasteiger partial charge in [-0.25, -0.2) is 0 Å². The first-order valence-electron chi connectivity index (χ1n) is 12.6. The summed E-state index contributed by atoms with van der Waals surface area (Å²) in [6.45, 7) is 0. The van der Waals surface area contributed by atoms with Crippen molar-refractivity contribution in [2.24, 2.45) is 0 Å². The number of benzene rings is 6. The molecule has 0 unspecified atom stereocenters. The van der Waals surface area contributed by atoms with Crippen molar-refractivity contribution in [2.75, 3.05) is 0 Å². The summed E-state index contributed by atoms with van der Waals surface area (Å²) >= 11 is 0. The van der Waals surface area contributed by atoms with E-state index in [4.69, 9.17) is 4.42 Å². The van der Waals surface area contributed by atoms with Gasteiger partial charge in [0.1, 0.15) is 11.5 Å². The van der Waals surface area contributed by atoms with Gasteiger partial charge >= 0.3 is 0 Å². The molecule has 1 heterocycles. The first-order valence-corrected chi connectivity index (χ1v) is 12.6. The van der Waals surface area contributed by atoms with Gasteiger partial charge in [-0.05, 0) is 55.9 Å². The molecule has 7 rings (SSSR count). The van der Waals surface area contributed by atoms with Crippen LogP contribution < -0.4 is 0 Å². The van der Waals surface area contributed by atoms with E-state index < -0.39 is 0 Å². The van der Waals surface area contributed by atoms with Crippen LogP contribution in [-0.2, 0) is 0 Å². The third kappa shape index (κ3) is 3.73. The zero-order chi connectivity index (χ0) is 24.6. The van der Waals surface area contributed by atoms with E-state index >= 15 is 0 Å². The van der Waals surface area contributed by atoms with E-state index in [-0.39, 0.29) is 0 Å². The second-order valence-electron chi connectivity index (χ2n) is 9.31. The molecule has 0 N–H and O–H groups in total. The maximum Gasteiger partial charge on any atom is 0.134 e. The van der Waals surface area contributed by atoms with Crippen molar-refractivity contribution >= 4 is 21.5 Å². The quantitative estimate of drug-likeness (QED) is 0.232. The molecule has 37 heavy (non-hydrogen) atoms. The third-order valence-corrected chi connectivity index (χ3v) is 7.12. The van der Waals surface area contributed by atoms with Gasteiger partial charge in [-0.1, -0.05) is 133 Å². The molecule has 1 heteroatoms. The minimum atomic E-state index is 0.875. The lowest BCUT2D eigenvalue weighted by atomic mass is 9.86. The Labute approximate surface area is 216 Å². The van der Waals surface area contributed by atoms with Crippen molar-refractivity contribution < 1.29 is 4.42 Å². The van der Waals surface area contributed by atoms with Gasteiger partial charge in [-0.3, -0.25) is 0 Å². The van der Waals surface area contributed by atoms with Gasteiger partial charge in [0.25, 0.3) is 0 Å². The van der Waals surface area contributed by atoms with Gasteiger partial charge in [-0.2, -0.15) is 0 Å². The van der Waals surface area contributed by atoms with Crippen LogP contribution in [-0.4, -0.2) is 0 Å². The maximum atomic E-state index is 6.21. The molecule has 7 aromatic rings. The van der Waals surface area contributed by atoms with Crippen molar-refractivity contribution in [3.05, 3.63) is 146 Å². The van der Waals surface area contributed by atoms with E-state index in [0.717, 1.165) is 22.6 Å². The number of hydrogen-bond donors (Lipinski definition) is 0. The second kappa shape index (κ2) is 8.96. The molecule has 0 radical (unpaired) electrons. The fraction of sp³-hybridized carbons (Fsp3) is 0. The van der Waals surface area contributed by atoms with Gasteiger partial charge in [0.05, 0.1) is 0 Å².